The van der Waals surface area contributed by atoms with Gasteiger partial charge in [-0.25, -0.2) is 4.79 Å². The third kappa shape index (κ3) is 4.67. The third-order valence-corrected chi connectivity index (χ3v) is 5.27. The molecular formula is C22H25NO4. The number of piperidine rings is 1. The van der Waals surface area contributed by atoms with Crippen molar-refractivity contribution in [2.75, 3.05) is 20.2 Å². The first kappa shape index (κ1) is 19.0. The van der Waals surface area contributed by atoms with Gasteiger partial charge in [0.2, 0.25) is 5.91 Å². The van der Waals surface area contributed by atoms with Gasteiger partial charge in [0.25, 0.3) is 0 Å². The molecule has 1 heterocycles. The molecule has 1 fully saturated rings. The van der Waals surface area contributed by atoms with E-state index in [9.17, 15) is 14.7 Å². The lowest BCUT2D eigenvalue weighted by atomic mass is 9.89. The maximum atomic E-state index is 12.6. The Morgan fingerprint density at radius 3 is 2.56 bits per heavy atom. The van der Waals surface area contributed by atoms with Gasteiger partial charge in [-0.2, -0.15) is 0 Å². The number of amides is 1. The number of aromatic carboxylic acids is 1. The Morgan fingerprint density at radius 1 is 1.11 bits per heavy atom. The molecule has 0 bridgehead atoms. The summed E-state index contributed by atoms with van der Waals surface area (Å²) in [7, 11) is 1.67. The van der Waals surface area contributed by atoms with Crippen LogP contribution in [-0.4, -0.2) is 42.1 Å². The second-order valence-corrected chi connectivity index (χ2v) is 6.89. The summed E-state index contributed by atoms with van der Waals surface area (Å²) in [6.45, 7) is 1.47. The third-order valence-electron chi connectivity index (χ3n) is 5.27. The normalized spacial score (nSPS) is 14.8. The highest BCUT2D eigenvalue weighted by molar-refractivity contribution is 5.89. The van der Waals surface area contributed by atoms with Crippen molar-refractivity contribution in [3.8, 4) is 5.75 Å². The molecule has 1 N–H and O–H groups in total. The number of methoxy groups -OCH3 is 1. The zero-order valence-corrected chi connectivity index (χ0v) is 15.6. The van der Waals surface area contributed by atoms with Gasteiger partial charge in [0.1, 0.15) is 5.75 Å². The van der Waals surface area contributed by atoms with Crippen LogP contribution in [0.15, 0.2) is 48.5 Å². The summed E-state index contributed by atoms with van der Waals surface area (Å²) < 4.78 is 5.30. The first-order valence-corrected chi connectivity index (χ1v) is 9.31. The topological polar surface area (TPSA) is 66.8 Å². The Balaban J connectivity index is 1.54. The summed E-state index contributed by atoms with van der Waals surface area (Å²) in [5.41, 5.74) is 2.25. The van der Waals surface area contributed by atoms with Gasteiger partial charge in [-0.15, -0.1) is 0 Å². The number of likely N-dealkylation sites (tertiary alicyclic amines) is 1. The molecule has 3 rings (SSSR count). The largest absolute Gasteiger partial charge is 0.497 e. The van der Waals surface area contributed by atoms with Crippen molar-refractivity contribution in [1.29, 1.82) is 0 Å². The zero-order chi connectivity index (χ0) is 19.2. The van der Waals surface area contributed by atoms with Gasteiger partial charge in [0, 0.05) is 19.5 Å². The van der Waals surface area contributed by atoms with E-state index in [1.54, 1.807) is 25.3 Å². The number of hydrogen-bond acceptors (Lipinski definition) is 3. The van der Waals surface area contributed by atoms with Crippen molar-refractivity contribution >= 4 is 11.9 Å². The first-order valence-electron chi connectivity index (χ1n) is 9.31. The monoisotopic (exact) mass is 367 g/mol. The molecule has 0 radical (unpaired) electrons. The average Bonchev–Trinajstić information content (AvgIpc) is 2.72. The van der Waals surface area contributed by atoms with E-state index in [-0.39, 0.29) is 11.5 Å². The fourth-order valence-corrected chi connectivity index (χ4v) is 3.70. The molecule has 1 amide bonds. The van der Waals surface area contributed by atoms with Crippen molar-refractivity contribution in [3.05, 3.63) is 65.2 Å². The van der Waals surface area contributed by atoms with E-state index in [2.05, 4.69) is 12.1 Å². The second-order valence-electron chi connectivity index (χ2n) is 6.89. The molecule has 5 nitrogen and oxygen atoms in total. The lowest BCUT2D eigenvalue weighted by Gasteiger charge is -2.32. The summed E-state index contributed by atoms with van der Waals surface area (Å²) in [5.74, 6) is 0.455. The molecule has 0 aliphatic carbocycles. The summed E-state index contributed by atoms with van der Waals surface area (Å²) in [6, 6.07) is 15.0. The molecule has 0 spiro atoms. The molecule has 1 aliphatic rings. The van der Waals surface area contributed by atoms with Crippen molar-refractivity contribution in [3.63, 3.8) is 0 Å². The van der Waals surface area contributed by atoms with Crippen LogP contribution < -0.4 is 4.74 Å². The Kier molecular flexibility index (Phi) is 6.12. The van der Waals surface area contributed by atoms with Crippen LogP contribution in [0.3, 0.4) is 0 Å². The minimum atomic E-state index is -0.947. The summed E-state index contributed by atoms with van der Waals surface area (Å²) in [5, 5.41) is 9.25. The lowest BCUT2D eigenvalue weighted by molar-refractivity contribution is -0.132. The molecule has 27 heavy (non-hydrogen) atoms. The quantitative estimate of drug-likeness (QED) is 0.845. The van der Waals surface area contributed by atoms with E-state index in [0.29, 0.717) is 24.3 Å². The van der Waals surface area contributed by atoms with Gasteiger partial charge in [-0.05, 0) is 54.5 Å². The number of carbonyl (C=O) groups excluding carboxylic acids is 1. The van der Waals surface area contributed by atoms with E-state index in [1.807, 2.05) is 23.1 Å². The number of carboxylic acid groups (broad SMARTS) is 1. The number of rotatable bonds is 6. The average molecular weight is 367 g/mol. The first-order chi connectivity index (χ1) is 13.1. The predicted octanol–water partition coefficient (Wildman–Crippen LogP) is 3.73. The van der Waals surface area contributed by atoms with Crippen LogP contribution in [0.1, 0.15) is 46.7 Å². The van der Waals surface area contributed by atoms with Crippen LogP contribution in [0.2, 0.25) is 0 Å². The van der Waals surface area contributed by atoms with Crippen LogP contribution in [0.25, 0.3) is 0 Å². The van der Waals surface area contributed by atoms with Gasteiger partial charge < -0.3 is 14.7 Å². The van der Waals surface area contributed by atoms with Crippen LogP contribution in [0.5, 0.6) is 5.75 Å². The molecular weight excluding hydrogens is 342 g/mol. The maximum absolute atomic E-state index is 12.6. The van der Waals surface area contributed by atoms with Crippen molar-refractivity contribution in [1.82, 2.24) is 4.90 Å². The molecule has 1 aliphatic heterocycles. The molecule has 142 valence electrons. The van der Waals surface area contributed by atoms with Crippen molar-refractivity contribution in [2.45, 2.75) is 31.6 Å². The summed E-state index contributed by atoms with van der Waals surface area (Å²) in [6.07, 6.45) is 2.67. The number of carbonyl (C=O) groups is 2. The number of hydrogen-bond donors (Lipinski definition) is 1. The minimum absolute atomic E-state index is 0.0966. The standard InChI is InChI=1S/C22H25NO4/c1-27-19-7-4-6-18(15-19)16-11-13-23(14-12-16)21(24)10-9-17-5-2-3-8-20(17)22(25)26/h2-8,15-16H,9-14H2,1H3,(H,25,26). The number of carboxylic acids is 1. The number of aryl methyl sites for hydroxylation is 1. The molecule has 0 unspecified atom stereocenters. The zero-order valence-electron chi connectivity index (χ0n) is 15.6. The van der Waals surface area contributed by atoms with E-state index in [0.717, 1.165) is 31.7 Å². The molecule has 0 aromatic heterocycles. The van der Waals surface area contributed by atoms with E-state index in [4.69, 9.17) is 4.74 Å². The SMILES string of the molecule is COc1cccc(C2CCN(C(=O)CCc3ccccc3C(=O)O)CC2)c1. The van der Waals surface area contributed by atoms with Crippen LogP contribution in [-0.2, 0) is 11.2 Å². The van der Waals surface area contributed by atoms with E-state index in [1.165, 1.54) is 5.56 Å². The van der Waals surface area contributed by atoms with E-state index >= 15 is 0 Å². The maximum Gasteiger partial charge on any atom is 0.335 e. The predicted molar refractivity (Wildman–Crippen MR) is 103 cm³/mol. The van der Waals surface area contributed by atoms with Gasteiger partial charge >= 0.3 is 5.97 Å². The van der Waals surface area contributed by atoms with Gasteiger partial charge in [-0.3, -0.25) is 4.79 Å². The lowest BCUT2D eigenvalue weighted by Crippen LogP contribution is -2.38. The summed E-state index contributed by atoms with van der Waals surface area (Å²) in [4.78, 5) is 25.7. The number of nitrogens with zero attached hydrogens (tertiary/aromatic N) is 1. The molecule has 0 atom stereocenters. The highest BCUT2D eigenvalue weighted by Crippen LogP contribution is 2.30. The Bertz CT molecular complexity index is 809. The minimum Gasteiger partial charge on any atom is -0.497 e. The highest BCUT2D eigenvalue weighted by Gasteiger charge is 2.24. The second kappa shape index (κ2) is 8.71. The molecule has 0 saturated carbocycles. The fraction of sp³-hybridized carbons (Fsp3) is 0.364. The molecule has 2 aromatic rings. The highest BCUT2D eigenvalue weighted by atomic mass is 16.5. The fourth-order valence-electron chi connectivity index (χ4n) is 3.70. The Labute approximate surface area is 159 Å². The van der Waals surface area contributed by atoms with Crippen molar-refractivity contribution in [2.24, 2.45) is 0 Å². The smallest absolute Gasteiger partial charge is 0.335 e. The number of benzene rings is 2. The Hall–Kier alpha value is -2.82. The van der Waals surface area contributed by atoms with Gasteiger partial charge in [-0.1, -0.05) is 30.3 Å². The van der Waals surface area contributed by atoms with E-state index < -0.39 is 5.97 Å². The molecule has 2 aromatic carbocycles. The van der Waals surface area contributed by atoms with Crippen molar-refractivity contribution < 1.29 is 19.4 Å². The molecule has 1 saturated heterocycles. The van der Waals surface area contributed by atoms with Crippen LogP contribution >= 0.6 is 0 Å². The van der Waals surface area contributed by atoms with Gasteiger partial charge in [0.15, 0.2) is 0 Å². The summed E-state index contributed by atoms with van der Waals surface area (Å²) >= 11 is 0. The van der Waals surface area contributed by atoms with Crippen LogP contribution in [0.4, 0.5) is 0 Å². The Morgan fingerprint density at radius 2 is 1.85 bits per heavy atom. The molecule has 5 heteroatoms. The van der Waals surface area contributed by atoms with Gasteiger partial charge in [0.05, 0.1) is 12.7 Å². The van der Waals surface area contributed by atoms with Crippen LogP contribution in [0, 0.1) is 0 Å². The number of ether oxygens (including phenoxy) is 1.